The smallest absolute Gasteiger partial charge is 0.280 e. The number of nitrogens with zero attached hydrogens (tertiary/aromatic N) is 2. The number of para-hydroxylation sites is 1. The summed E-state index contributed by atoms with van der Waals surface area (Å²) < 4.78 is 6.80. The number of methoxy groups -OCH3 is 1. The maximum atomic E-state index is 12.9. The van der Waals surface area contributed by atoms with Gasteiger partial charge in [0.1, 0.15) is 5.82 Å². The van der Waals surface area contributed by atoms with Crippen LogP contribution in [0, 0.1) is 5.92 Å². The number of aromatic nitrogens is 2. The number of carbonyl (C=O) groups excluding carboxylic acids is 1. The van der Waals surface area contributed by atoms with E-state index in [2.05, 4.69) is 10.4 Å². The van der Waals surface area contributed by atoms with Gasteiger partial charge < -0.3 is 4.74 Å². The molecule has 132 valence electrons. The first-order chi connectivity index (χ1) is 12.2. The molecular weight excluding hydrogens is 318 g/mol. The van der Waals surface area contributed by atoms with Crippen molar-refractivity contribution in [3.05, 3.63) is 40.4 Å². The molecule has 1 aromatic heterocycles. The minimum Gasteiger partial charge on any atom is -0.381 e. The Morgan fingerprint density at radius 1 is 1.24 bits per heavy atom. The summed E-state index contributed by atoms with van der Waals surface area (Å²) in [5.41, 5.74) is 3.35. The predicted molar refractivity (Wildman–Crippen MR) is 95.1 cm³/mol. The van der Waals surface area contributed by atoms with Crippen molar-refractivity contribution < 1.29 is 9.53 Å². The molecule has 2 fully saturated rings. The molecule has 0 unspecified atom stereocenters. The van der Waals surface area contributed by atoms with Gasteiger partial charge in [-0.25, -0.2) is 9.66 Å². The largest absolute Gasteiger partial charge is 0.381 e. The molecule has 2 atom stereocenters. The molecule has 6 nitrogen and oxygen atoms in total. The first kappa shape index (κ1) is 16.3. The molecule has 0 bridgehead atoms. The van der Waals surface area contributed by atoms with Crippen LogP contribution in [0.1, 0.15) is 50.3 Å². The summed E-state index contributed by atoms with van der Waals surface area (Å²) in [4.78, 5) is 30.3. The Labute approximate surface area is 146 Å². The van der Waals surface area contributed by atoms with Crippen molar-refractivity contribution in [3.8, 4) is 0 Å². The van der Waals surface area contributed by atoms with E-state index in [0.717, 1.165) is 32.1 Å². The molecule has 1 heterocycles. The minimum atomic E-state index is -0.194. The second-order valence-corrected chi connectivity index (χ2v) is 7.10. The number of ether oxygens (including phenoxy) is 1. The van der Waals surface area contributed by atoms with Gasteiger partial charge in [0.05, 0.1) is 17.0 Å². The summed E-state index contributed by atoms with van der Waals surface area (Å²) in [5, 5.41) is 0.533. The fourth-order valence-electron chi connectivity index (χ4n) is 3.67. The molecule has 4 rings (SSSR count). The molecule has 1 N–H and O–H groups in total. The molecule has 0 spiro atoms. The SMILES string of the molecule is CO[C@H]1CCC[C@@H](C(=O)Nn2c(C3CC3)nc3ccccc3c2=O)C1. The first-order valence-corrected chi connectivity index (χ1v) is 9.02. The number of rotatable bonds is 4. The highest BCUT2D eigenvalue weighted by Gasteiger charge is 2.32. The van der Waals surface area contributed by atoms with Crippen molar-refractivity contribution >= 4 is 16.8 Å². The summed E-state index contributed by atoms with van der Waals surface area (Å²) in [5.74, 6) is 0.707. The van der Waals surface area contributed by atoms with E-state index in [1.165, 1.54) is 4.68 Å². The fourth-order valence-corrected chi connectivity index (χ4v) is 3.67. The number of hydrogen-bond donors (Lipinski definition) is 1. The van der Waals surface area contributed by atoms with Crippen LogP contribution in [0.3, 0.4) is 0 Å². The van der Waals surface area contributed by atoms with Gasteiger partial charge in [-0.1, -0.05) is 18.6 Å². The number of amides is 1. The number of hydrogen-bond acceptors (Lipinski definition) is 4. The Bertz CT molecular complexity index is 857. The van der Waals surface area contributed by atoms with Gasteiger partial charge in [0.15, 0.2) is 0 Å². The van der Waals surface area contributed by atoms with Crippen LogP contribution in [0.25, 0.3) is 10.9 Å². The van der Waals surface area contributed by atoms with E-state index in [4.69, 9.17) is 4.74 Å². The monoisotopic (exact) mass is 341 g/mol. The summed E-state index contributed by atoms with van der Waals surface area (Å²) in [6.07, 6.45) is 5.64. The molecule has 2 aliphatic rings. The van der Waals surface area contributed by atoms with Crippen molar-refractivity contribution in [1.29, 1.82) is 0 Å². The predicted octanol–water partition coefficient (Wildman–Crippen LogP) is 2.55. The third-order valence-corrected chi connectivity index (χ3v) is 5.30. The van der Waals surface area contributed by atoms with Gasteiger partial charge in [-0.15, -0.1) is 0 Å². The highest BCUT2D eigenvalue weighted by molar-refractivity contribution is 5.87. The molecule has 0 radical (unpaired) electrons. The summed E-state index contributed by atoms with van der Waals surface area (Å²) >= 11 is 0. The van der Waals surface area contributed by atoms with Crippen molar-refractivity contribution in [2.75, 3.05) is 12.5 Å². The van der Waals surface area contributed by atoms with Crippen molar-refractivity contribution in [3.63, 3.8) is 0 Å². The number of benzene rings is 1. The highest BCUT2D eigenvalue weighted by Crippen LogP contribution is 2.38. The molecule has 25 heavy (non-hydrogen) atoms. The normalized spacial score (nSPS) is 23.6. The first-order valence-electron chi connectivity index (χ1n) is 9.02. The van der Waals surface area contributed by atoms with Crippen molar-refractivity contribution in [1.82, 2.24) is 9.66 Å². The Morgan fingerprint density at radius 2 is 2.04 bits per heavy atom. The molecule has 6 heteroatoms. The average Bonchev–Trinajstić information content (AvgIpc) is 3.49. The van der Waals surface area contributed by atoms with E-state index in [9.17, 15) is 9.59 Å². The van der Waals surface area contributed by atoms with Crippen LogP contribution in [0.15, 0.2) is 29.1 Å². The van der Waals surface area contributed by atoms with Gasteiger partial charge in [0.25, 0.3) is 5.56 Å². The molecule has 2 aliphatic carbocycles. The third-order valence-electron chi connectivity index (χ3n) is 5.30. The fraction of sp³-hybridized carbons (Fsp3) is 0.526. The van der Waals surface area contributed by atoms with Crippen LogP contribution in [-0.2, 0) is 9.53 Å². The molecule has 2 saturated carbocycles. The minimum absolute atomic E-state index is 0.108. The Hall–Kier alpha value is -2.21. The van der Waals surface area contributed by atoms with Crippen LogP contribution < -0.4 is 11.0 Å². The second kappa shape index (κ2) is 6.59. The molecule has 2 aromatic rings. The van der Waals surface area contributed by atoms with Crippen molar-refractivity contribution in [2.45, 2.75) is 50.5 Å². The van der Waals surface area contributed by atoms with E-state index >= 15 is 0 Å². The number of fused-ring (bicyclic) bond motifs is 1. The summed E-state index contributed by atoms with van der Waals surface area (Å²) in [7, 11) is 1.69. The van der Waals surface area contributed by atoms with E-state index in [1.54, 1.807) is 13.2 Å². The van der Waals surface area contributed by atoms with Crippen LogP contribution in [0.5, 0.6) is 0 Å². The zero-order valence-electron chi connectivity index (χ0n) is 14.4. The Morgan fingerprint density at radius 3 is 2.80 bits per heavy atom. The zero-order valence-corrected chi connectivity index (χ0v) is 14.4. The zero-order chi connectivity index (χ0) is 17.4. The lowest BCUT2D eigenvalue weighted by molar-refractivity contribution is -0.123. The van der Waals surface area contributed by atoms with Crippen LogP contribution in [-0.4, -0.2) is 28.8 Å². The van der Waals surface area contributed by atoms with Crippen molar-refractivity contribution in [2.24, 2.45) is 5.92 Å². The molecular formula is C19H23N3O3. The molecule has 0 saturated heterocycles. The number of nitrogens with one attached hydrogen (secondary N) is 1. The topological polar surface area (TPSA) is 73.2 Å². The maximum Gasteiger partial charge on any atom is 0.280 e. The van der Waals surface area contributed by atoms with Gasteiger partial charge in [0.2, 0.25) is 5.91 Å². The summed E-state index contributed by atoms with van der Waals surface area (Å²) in [6, 6.07) is 7.30. The van der Waals surface area contributed by atoms with E-state index < -0.39 is 0 Å². The van der Waals surface area contributed by atoms with Crippen LogP contribution in [0.4, 0.5) is 0 Å². The van der Waals surface area contributed by atoms with Gasteiger partial charge in [0, 0.05) is 18.9 Å². The standard InChI is InChI=1S/C19H23N3O3/c1-25-14-6-4-5-13(11-14)18(23)21-22-17(12-9-10-12)20-16-8-3-2-7-15(16)19(22)24/h2-3,7-8,12-14H,4-6,9-11H2,1H3,(H,21,23)/t13-,14+/m1/s1. The lowest BCUT2D eigenvalue weighted by Crippen LogP contribution is -2.40. The lowest BCUT2D eigenvalue weighted by atomic mass is 9.87. The molecule has 0 aliphatic heterocycles. The maximum absolute atomic E-state index is 12.9. The average molecular weight is 341 g/mol. The summed E-state index contributed by atoms with van der Waals surface area (Å²) in [6.45, 7) is 0. The van der Waals surface area contributed by atoms with Gasteiger partial charge in [-0.05, 0) is 44.2 Å². The molecule has 1 aromatic carbocycles. The lowest BCUT2D eigenvalue weighted by Gasteiger charge is -2.27. The Balaban J connectivity index is 1.66. The molecule has 1 amide bonds. The third kappa shape index (κ3) is 3.18. The van der Waals surface area contributed by atoms with E-state index in [-0.39, 0.29) is 29.4 Å². The van der Waals surface area contributed by atoms with E-state index in [0.29, 0.717) is 23.1 Å². The quantitative estimate of drug-likeness (QED) is 0.927. The van der Waals surface area contributed by atoms with Gasteiger partial charge in [-0.3, -0.25) is 15.0 Å². The van der Waals surface area contributed by atoms with Gasteiger partial charge >= 0.3 is 0 Å². The highest BCUT2D eigenvalue weighted by atomic mass is 16.5. The number of carbonyl (C=O) groups is 1. The van der Waals surface area contributed by atoms with Crippen LogP contribution in [0.2, 0.25) is 0 Å². The van der Waals surface area contributed by atoms with Crippen LogP contribution >= 0.6 is 0 Å². The second-order valence-electron chi connectivity index (χ2n) is 7.10. The van der Waals surface area contributed by atoms with E-state index in [1.807, 2.05) is 18.2 Å². The van der Waals surface area contributed by atoms with Gasteiger partial charge in [-0.2, -0.15) is 0 Å². The Kier molecular flexibility index (Phi) is 4.29.